The second-order valence-electron chi connectivity index (χ2n) is 10.6. The van der Waals surface area contributed by atoms with Crippen molar-refractivity contribution in [3.8, 4) is 0 Å². The summed E-state index contributed by atoms with van der Waals surface area (Å²) in [5, 5.41) is 11.6. The normalized spacial score (nSPS) is 13.5. The number of likely N-dealkylation sites (N-methyl/N-ethyl adjacent to an activating group) is 1. The molecular formula is C27H51NO5. The molecule has 0 spiro atoms. The van der Waals surface area contributed by atoms with Crippen LogP contribution in [0.25, 0.3) is 0 Å². The van der Waals surface area contributed by atoms with Crippen LogP contribution in [0, 0.1) is 0 Å². The Labute approximate surface area is 203 Å². The first-order valence-electron chi connectivity index (χ1n) is 13.3. The summed E-state index contributed by atoms with van der Waals surface area (Å²) in [6.07, 6.45) is 14.8. The van der Waals surface area contributed by atoms with Gasteiger partial charge < -0.3 is 19.1 Å². The third-order valence-corrected chi connectivity index (χ3v) is 5.97. The Hall–Kier alpha value is -1.43. The quantitative estimate of drug-likeness (QED) is 0.127. The summed E-state index contributed by atoms with van der Waals surface area (Å²) in [6.45, 7) is 4.48. The van der Waals surface area contributed by atoms with Crippen molar-refractivity contribution in [1.82, 2.24) is 0 Å². The van der Waals surface area contributed by atoms with Crippen LogP contribution in [0.1, 0.15) is 123 Å². The van der Waals surface area contributed by atoms with E-state index >= 15 is 0 Å². The molecule has 0 rings (SSSR count). The van der Waals surface area contributed by atoms with Gasteiger partial charge in [-0.25, -0.2) is 0 Å². The molecule has 0 saturated heterocycles. The largest absolute Gasteiger partial charge is 0.550 e. The van der Waals surface area contributed by atoms with E-state index in [9.17, 15) is 19.5 Å². The lowest BCUT2D eigenvalue weighted by Gasteiger charge is -2.38. The average Bonchev–Trinajstić information content (AvgIpc) is 2.70. The number of esters is 1. The number of hydrogen-bond acceptors (Lipinski definition) is 5. The van der Waals surface area contributed by atoms with Crippen molar-refractivity contribution >= 4 is 17.7 Å². The van der Waals surface area contributed by atoms with Crippen LogP contribution in [0.5, 0.6) is 0 Å². The van der Waals surface area contributed by atoms with E-state index in [2.05, 4.69) is 13.8 Å². The Balaban J connectivity index is 4.96. The SMILES string of the molecule is CCCCCCCCCC(=O)OC(CC(=O)[O-])(C[N+](C)(C)C)C(=O)CCCCCCCCC. The van der Waals surface area contributed by atoms with Gasteiger partial charge in [-0.3, -0.25) is 9.59 Å². The molecule has 1 atom stereocenters. The highest BCUT2D eigenvalue weighted by molar-refractivity contribution is 5.93. The Bertz CT molecular complexity index is 555. The van der Waals surface area contributed by atoms with Crippen molar-refractivity contribution < 1.29 is 28.7 Å². The van der Waals surface area contributed by atoms with Gasteiger partial charge >= 0.3 is 5.97 Å². The molecular weight excluding hydrogens is 418 g/mol. The summed E-state index contributed by atoms with van der Waals surface area (Å²) >= 11 is 0. The van der Waals surface area contributed by atoms with Crippen molar-refractivity contribution in [2.45, 2.75) is 129 Å². The number of ether oxygens (including phenoxy) is 1. The molecule has 0 aliphatic heterocycles. The van der Waals surface area contributed by atoms with Crippen LogP contribution in [-0.4, -0.2) is 55.5 Å². The highest BCUT2D eigenvalue weighted by Crippen LogP contribution is 2.25. The fourth-order valence-electron chi connectivity index (χ4n) is 4.33. The van der Waals surface area contributed by atoms with Gasteiger partial charge in [0.25, 0.3) is 0 Å². The molecule has 0 bridgehead atoms. The van der Waals surface area contributed by atoms with Crippen molar-refractivity contribution in [3.63, 3.8) is 0 Å². The van der Waals surface area contributed by atoms with E-state index in [1.165, 1.54) is 38.5 Å². The Morgan fingerprint density at radius 3 is 1.55 bits per heavy atom. The second-order valence-corrected chi connectivity index (χ2v) is 10.6. The van der Waals surface area contributed by atoms with Crippen LogP contribution in [0.2, 0.25) is 0 Å². The number of Topliss-reactive ketones (excluding diaryl/α,β-unsaturated/α-hetero) is 1. The molecule has 0 aromatic carbocycles. The lowest BCUT2D eigenvalue weighted by Crippen LogP contribution is -2.58. The lowest BCUT2D eigenvalue weighted by atomic mass is 9.89. The van der Waals surface area contributed by atoms with Crippen LogP contribution >= 0.6 is 0 Å². The first kappa shape index (κ1) is 31.6. The standard InChI is InChI=1S/C27H51NO5/c1-6-8-10-12-14-16-18-20-24(29)27(22-25(30)31,23-28(3,4)5)33-26(32)21-19-17-15-13-11-9-7-2/h6-23H2,1-5H3. The first-order chi connectivity index (χ1) is 15.6. The Morgan fingerprint density at radius 1 is 0.697 bits per heavy atom. The highest BCUT2D eigenvalue weighted by atomic mass is 16.6. The number of ketones is 1. The summed E-state index contributed by atoms with van der Waals surface area (Å²) in [5.41, 5.74) is -1.66. The lowest BCUT2D eigenvalue weighted by molar-refractivity contribution is -0.875. The molecule has 0 N–H and O–H groups in total. The van der Waals surface area contributed by atoms with E-state index in [-0.39, 0.29) is 25.2 Å². The number of carboxylic acid groups (broad SMARTS) is 1. The Morgan fingerprint density at radius 2 is 1.12 bits per heavy atom. The fraction of sp³-hybridized carbons (Fsp3) is 0.889. The maximum absolute atomic E-state index is 13.2. The summed E-state index contributed by atoms with van der Waals surface area (Å²) < 4.78 is 6.04. The third-order valence-electron chi connectivity index (χ3n) is 5.97. The van der Waals surface area contributed by atoms with Gasteiger partial charge in [0.1, 0.15) is 6.54 Å². The molecule has 6 heteroatoms. The molecule has 0 aliphatic carbocycles. The molecule has 0 fully saturated rings. The maximum atomic E-state index is 13.2. The van der Waals surface area contributed by atoms with Gasteiger partial charge in [0, 0.05) is 25.2 Å². The number of hydrogen-bond donors (Lipinski definition) is 0. The van der Waals surface area contributed by atoms with Crippen molar-refractivity contribution in [1.29, 1.82) is 0 Å². The van der Waals surface area contributed by atoms with Crippen LogP contribution in [-0.2, 0) is 19.1 Å². The van der Waals surface area contributed by atoms with E-state index in [1.54, 1.807) is 0 Å². The summed E-state index contributed by atoms with van der Waals surface area (Å²) in [6, 6.07) is 0. The van der Waals surface area contributed by atoms with E-state index < -0.39 is 24.0 Å². The predicted molar refractivity (Wildman–Crippen MR) is 132 cm³/mol. The van der Waals surface area contributed by atoms with Crippen molar-refractivity contribution in [3.05, 3.63) is 0 Å². The monoisotopic (exact) mass is 469 g/mol. The number of carbonyl (C=O) groups is 3. The van der Waals surface area contributed by atoms with Gasteiger partial charge in [-0.15, -0.1) is 0 Å². The maximum Gasteiger partial charge on any atom is 0.307 e. The van der Waals surface area contributed by atoms with Crippen molar-refractivity contribution in [2.75, 3.05) is 27.7 Å². The average molecular weight is 470 g/mol. The molecule has 0 heterocycles. The van der Waals surface area contributed by atoms with E-state index in [0.29, 0.717) is 17.3 Å². The molecule has 0 saturated carbocycles. The number of carboxylic acids is 1. The minimum absolute atomic E-state index is 0.124. The molecule has 0 aromatic rings. The van der Waals surface area contributed by atoms with Crippen LogP contribution in [0.15, 0.2) is 0 Å². The van der Waals surface area contributed by atoms with Crippen molar-refractivity contribution in [2.24, 2.45) is 0 Å². The molecule has 6 nitrogen and oxygen atoms in total. The number of nitrogens with zero attached hydrogens (tertiary/aromatic N) is 1. The molecule has 1 unspecified atom stereocenters. The number of carbonyl (C=O) groups excluding carboxylic acids is 3. The zero-order valence-corrected chi connectivity index (χ0v) is 22.2. The van der Waals surface area contributed by atoms with E-state index in [4.69, 9.17) is 4.74 Å². The summed E-state index contributed by atoms with van der Waals surface area (Å²) in [4.78, 5) is 37.5. The topological polar surface area (TPSA) is 83.5 Å². The molecule has 194 valence electrons. The Kier molecular flexibility index (Phi) is 17.2. The van der Waals surface area contributed by atoms with Crippen LogP contribution in [0.4, 0.5) is 0 Å². The second kappa shape index (κ2) is 18.0. The summed E-state index contributed by atoms with van der Waals surface area (Å²) in [5.74, 6) is -2.13. The molecule has 0 radical (unpaired) electrons. The predicted octanol–water partition coefficient (Wildman–Crippen LogP) is 4.97. The van der Waals surface area contributed by atoms with Gasteiger partial charge in [0.15, 0.2) is 5.78 Å². The minimum Gasteiger partial charge on any atom is -0.550 e. The molecule has 0 aliphatic rings. The highest BCUT2D eigenvalue weighted by Gasteiger charge is 2.46. The van der Waals surface area contributed by atoms with Gasteiger partial charge in [-0.05, 0) is 12.8 Å². The first-order valence-corrected chi connectivity index (χ1v) is 13.3. The van der Waals surface area contributed by atoms with E-state index in [0.717, 1.165) is 38.5 Å². The smallest absolute Gasteiger partial charge is 0.307 e. The fourth-order valence-corrected chi connectivity index (χ4v) is 4.33. The molecule has 33 heavy (non-hydrogen) atoms. The van der Waals surface area contributed by atoms with Crippen LogP contribution in [0.3, 0.4) is 0 Å². The van der Waals surface area contributed by atoms with Gasteiger partial charge in [-0.2, -0.15) is 0 Å². The zero-order chi connectivity index (χ0) is 25.2. The number of quaternary nitrogens is 1. The van der Waals surface area contributed by atoms with E-state index in [1.807, 2.05) is 21.1 Å². The van der Waals surface area contributed by atoms with Gasteiger partial charge in [0.05, 0.1) is 21.1 Å². The molecule has 0 amide bonds. The number of aliphatic carboxylic acids is 1. The minimum atomic E-state index is -1.66. The summed E-state index contributed by atoms with van der Waals surface area (Å²) in [7, 11) is 5.61. The number of rotatable bonds is 22. The van der Waals surface area contributed by atoms with Crippen LogP contribution < -0.4 is 5.11 Å². The zero-order valence-electron chi connectivity index (χ0n) is 22.2. The van der Waals surface area contributed by atoms with Gasteiger partial charge in [0.2, 0.25) is 5.60 Å². The number of unbranched alkanes of at least 4 members (excludes halogenated alkanes) is 12. The third kappa shape index (κ3) is 16.8. The van der Waals surface area contributed by atoms with Gasteiger partial charge in [-0.1, -0.05) is 90.9 Å². The molecule has 0 aromatic heterocycles.